The van der Waals surface area contributed by atoms with E-state index in [1.807, 2.05) is 24.3 Å². The summed E-state index contributed by atoms with van der Waals surface area (Å²) in [6, 6.07) is 7.71. The summed E-state index contributed by atoms with van der Waals surface area (Å²) in [6.45, 7) is 11.7. The van der Waals surface area contributed by atoms with E-state index >= 15 is 0 Å². The molecule has 33 heavy (non-hydrogen) atoms. The first-order valence-corrected chi connectivity index (χ1v) is 12.1. The number of nitrogens with zero attached hydrogens (tertiary/aromatic N) is 1. The van der Waals surface area contributed by atoms with Gasteiger partial charge < -0.3 is 19.3 Å². The fourth-order valence-corrected chi connectivity index (χ4v) is 3.50. The second-order valence-corrected chi connectivity index (χ2v) is 9.08. The van der Waals surface area contributed by atoms with Crippen molar-refractivity contribution in [1.82, 2.24) is 4.90 Å². The molecule has 0 saturated carbocycles. The zero-order valence-electron chi connectivity index (χ0n) is 21.3. The molecule has 0 aromatic heterocycles. The number of unbranched alkanes of at least 4 members (excludes halogenated alkanes) is 1. The zero-order chi connectivity index (χ0) is 24.9. The van der Waals surface area contributed by atoms with Crippen molar-refractivity contribution in [1.29, 1.82) is 0 Å². The summed E-state index contributed by atoms with van der Waals surface area (Å²) in [5.41, 5.74) is 1.42. The van der Waals surface area contributed by atoms with Gasteiger partial charge in [0.2, 0.25) is 6.29 Å². The number of carbonyl (C=O) groups excluding carboxylic acids is 2. The van der Waals surface area contributed by atoms with E-state index in [2.05, 4.69) is 6.92 Å². The molecule has 0 radical (unpaired) electrons. The summed E-state index contributed by atoms with van der Waals surface area (Å²) in [4.78, 5) is 27.9. The molecule has 0 aliphatic heterocycles. The lowest BCUT2D eigenvalue weighted by molar-refractivity contribution is -0.181. The van der Waals surface area contributed by atoms with Crippen molar-refractivity contribution in [3.05, 3.63) is 35.4 Å². The number of aryl methyl sites for hydroxylation is 1. The van der Waals surface area contributed by atoms with E-state index in [4.69, 9.17) is 19.3 Å². The summed E-state index contributed by atoms with van der Waals surface area (Å²) in [5.74, 6) is -0.534. The van der Waals surface area contributed by atoms with E-state index in [-0.39, 0.29) is 25.9 Å². The molecule has 1 atom stereocenters. The van der Waals surface area contributed by atoms with Crippen LogP contribution in [-0.4, -0.2) is 59.8 Å². The van der Waals surface area contributed by atoms with Gasteiger partial charge in [-0.15, -0.1) is 0 Å². The molecule has 2 amide bonds. The van der Waals surface area contributed by atoms with Crippen LogP contribution >= 0.6 is 0 Å². The normalized spacial score (nSPS) is 12.6. The summed E-state index contributed by atoms with van der Waals surface area (Å²) in [6.07, 6.45) is 2.65. The van der Waals surface area contributed by atoms with E-state index in [1.54, 1.807) is 34.6 Å². The Hall–Kier alpha value is -1.96. The van der Waals surface area contributed by atoms with Crippen molar-refractivity contribution < 1.29 is 28.9 Å². The largest absolute Gasteiger partial charge is 0.443 e. The van der Waals surface area contributed by atoms with Gasteiger partial charge >= 0.3 is 6.09 Å². The molecule has 0 aliphatic carbocycles. The molecule has 1 unspecified atom stereocenters. The van der Waals surface area contributed by atoms with Gasteiger partial charge in [-0.3, -0.25) is 4.79 Å². The maximum absolute atomic E-state index is 13.5. The van der Waals surface area contributed by atoms with Crippen LogP contribution in [0.15, 0.2) is 24.3 Å². The van der Waals surface area contributed by atoms with Gasteiger partial charge in [-0.25, -0.2) is 9.69 Å². The molecular formula is C26H43NO6. The van der Waals surface area contributed by atoms with Crippen molar-refractivity contribution in [2.24, 2.45) is 0 Å². The number of ether oxygens (including phenoxy) is 3. The summed E-state index contributed by atoms with van der Waals surface area (Å²) < 4.78 is 16.7. The third-order valence-corrected chi connectivity index (χ3v) is 5.04. The molecule has 0 aliphatic rings. The summed E-state index contributed by atoms with van der Waals surface area (Å²) >= 11 is 0. The number of imide groups is 1. The number of aliphatic hydroxyl groups is 1. The fourth-order valence-electron chi connectivity index (χ4n) is 3.50. The van der Waals surface area contributed by atoms with Crippen molar-refractivity contribution in [3.8, 4) is 0 Å². The molecule has 0 heterocycles. The molecule has 1 N–H and O–H groups in total. The van der Waals surface area contributed by atoms with Crippen LogP contribution in [0.3, 0.4) is 0 Å². The van der Waals surface area contributed by atoms with E-state index in [0.717, 1.165) is 36.8 Å². The van der Waals surface area contributed by atoms with Gasteiger partial charge in [-0.1, -0.05) is 44.0 Å². The van der Waals surface area contributed by atoms with Crippen LogP contribution in [0.25, 0.3) is 0 Å². The first-order chi connectivity index (χ1) is 15.7. The number of hydrogen-bond donors (Lipinski definition) is 1. The Balaban J connectivity index is 3.25. The Morgan fingerprint density at radius 1 is 0.970 bits per heavy atom. The van der Waals surface area contributed by atoms with Crippen LogP contribution in [0.1, 0.15) is 78.4 Å². The van der Waals surface area contributed by atoms with E-state index in [9.17, 15) is 9.59 Å². The molecule has 1 aromatic carbocycles. The van der Waals surface area contributed by atoms with Crippen molar-refractivity contribution in [2.75, 3.05) is 19.8 Å². The van der Waals surface area contributed by atoms with Crippen molar-refractivity contribution >= 4 is 12.0 Å². The monoisotopic (exact) mass is 465 g/mol. The quantitative estimate of drug-likeness (QED) is 0.394. The molecular weight excluding hydrogens is 422 g/mol. The molecule has 0 spiro atoms. The fraction of sp³-hybridized carbons (Fsp3) is 0.692. The minimum Gasteiger partial charge on any atom is -0.443 e. The molecule has 1 rings (SSSR count). The predicted molar refractivity (Wildman–Crippen MR) is 129 cm³/mol. The number of benzene rings is 1. The lowest BCUT2D eigenvalue weighted by Crippen LogP contribution is -2.52. The number of rotatable bonds is 14. The number of amides is 2. The van der Waals surface area contributed by atoms with Crippen LogP contribution in [0.2, 0.25) is 0 Å². The van der Waals surface area contributed by atoms with E-state index in [0.29, 0.717) is 12.8 Å². The topological polar surface area (TPSA) is 85.3 Å². The van der Waals surface area contributed by atoms with E-state index < -0.39 is 23.9 Å². The third kappa shape index (κ3) is 10.7. The second kappa shape index (κ2) is 15.0. The Kier molecular flexibility index (Phi) is 13.3. The number of hydrogen-bond acceptors (Lipinski definition) is 6. The Morgan fingerprint density at radius 3 is 2.03 bits per heavy atom. The minimum absolute atomic E-state index is 0.161. The predicted octanol–water partition coefficient (Wildman–Crippen LogP) is 4.88. The van der Waals surface area contributed by atoms with Crippen molar-refractivity contribution in [2.45, 2.75) is 98.0 Å². The van der Waals surface area contributed by atoms with Gasteiger partial charge in [0.25, 0.3) is 5.91 Å². The maximum atomic E-state index is 13.5. The molecule has 7 heteroatoms. The standard InChI is InChI=1S/C26H43NO6/c1-7-10-13-22(19-21-16-14-20(15-17-21)12-11-18-28)27(25(30)33-26(4,5)6)23(29)24(31-8-2)32-9-3/h14-17,22,24,28H,7-13,18-19H2,1-6H3. The lowest BCUT2D eigenvalue weighted by Gasteiger charge is -2.34. The molecule has 0 fully saturated rings. The Bertz CT molecular complexity index is 692. The third-order valence-electron chi connectivity index (χ3n) is 5.04. The van der Waals surface area contributed by atoms with Gasteiger partial charge in [-0.2, -0.15) is 0 Å². The SMILES string of the molecule is CCCCC(Cc1ccc(CCCO)cc1)N(C(=O)OC(C)(C)C)C(=O)C(OCC)OCC. The lowest BCUT2D eigenvalue weighted by atomic mass is 9.98. The average Bonchev–Trinajstić information content (AvgIpc) is 2.75. The first-order valence-electron chi connectivity index (χ1n) is 12.1. The highest BCUT2D eigenvalue weighted by atomic mass is 16.7. The van der Waals surface area contributed by atoms with Gasteiger partial charge in [0.05, 0.1) is 0 Å². The Labute approximate surface area is 199 Å². The summed E-state index contributed by atoms with van der Waals surface area (Å²) in [5, 5.41) is 9.05. The highest BCUT2D eigenvalue weighted by Crippen LogP contribution is 2.22. The smallest absolute Gasteiger partial charge is 0.417 e. The van der Waals surface area contributed by atoms with Gasteiger partial charge in [-0.05, 0) is 71.4 Å². The highest BCUT2D eigenvalue weighted by Gasteiger charge is 2.38. The van der Waals surface area contributed by atoms with Gasteiger partial charge in [0, 0.05) is 25.9 Å². The number of aliphatic hydroxyl groups excluding tert-OH is 1. The second-order valence-electron chi connectivity index (χ2n) is 9.08. The van der Waals surface area contributed by atoms with E-state index in [1.165, 1.54) is 4.90 Å². The maximum Gasteiger partial charge on any atom is 0.417 e. The van der Waals surface area contributed by atoms with Crippen LogP contribution in [0.4, 0.5) is 4.79 Å². The van der Waals surface area contributed by atoms with Crippen LogP contribution in [0, 0.1) is 0 Å². The van der Waals surface area contributed by atoms with Crippen LogP contribution in [-0.2, 0) is 31.8 Å². The number of carbonyl (C=O) groups is 2. The zero-order valence-corrected chi connectivity index (χ0v) is 21.3. The first kappa shape index (κ1) is 29.1. The van der Waals surface area contributed by atoms with Crippen molar-refractivity contribution in [3.63, 3.8) is 0 Å². The van der Waals surface area contributed by atoms with Gasteiger partial charge in [0.1, 0.15) is 5.60 Å². The van der Waals surface area contributed by atoms with Gasteiger partial charge in [0.15, 0.2) is 0 Å². The molecule has 188 valence electrons. The molecule has 0 saturated heterocycles. The molecule has 0 bridgehead atoms. The molecule has 1 aromatic rings. The average molecular weight is 466 g/mol. The molecule has 7 nitrogen and oxygen atoms in total. The Morgan fingerprint density at radius 2 is 1.55 bits per heavy atom. The highest BCUT2D eigenvalue weighted by molar-refractivity contribution is 5.94. The summed E-state index contributed by atoms with van der Waals surface area (Å²) in [7, 11) is 0. The van der Waals surface area contributed by atoms with Crippen LogP contribution in [0.5, 0.6) is 0 Å². The van der Waals surface area contributed by atoms with Crippen LogP contribution < -0.4 is 0 Å². The minimum atomic E-state index is -1.16.